The van der Waals surface area contributed by atoms with Gasteiger partial charge in [0.25, 0.3) is 0 Å². The van der Waals surface area contributed by atoms with Crippen LogP contribution < -0.4 is 20.1 Å². The van der Waals surface area contributed by atoms with E-state index < -0.39 is 0 Å². The average molecular weight is 443 g/mol. The minimum atomic E-state index is 0.113. The molecule has 1 unspecified atom stereocenters. The first-order chi connectivity index (χ1) is 15.7. The summed E-state index contributed by atoms with van der Waals surface area (Å²) in [6, 6.07) is 9.64. The number of anilines is 1. The van der Waals surface area contributed by atoms with Gasteiger partial charge < -0.3 is 29.3 Å². The lowest BCUT2D eigenvalue weighted by atomic mass is 10.2. The van der Waals surface area contributed by atoms with E-state index in [0.717, 1.165) is 55.6 Å². The standard InChI is InChI=1S/C24H34N4O4/c1-18(2)16-28-8-12-30-21(17-28)15-26-24(25-14-20-5-3-9-29-20)27-19-6-7-22-23(13-19)32-11-4-10-31-22/h3,5-7,9,13,18,21H,4,8,10-12,14-17H2,1-2H3,(H2,25,26,27). The Morgan fingerprint density at radius 1 is 1.16 bits per heavy atom. The minimum absolute atomic E-state index is 0.113. The number of aliphatic imine (C=N–C) groups is 1. The Morgan fingerprint density at radius 3 is 2.84 bits per heavy atom. The van der Waals surface area contributed by atoms with Crippen molar-refractivity contribution in [1.29, 1.82) is 0 Å². The van der Waals surface area contributed by atoms with Crippen molar-refractivity contribution in [2.75, 3.05) is 51.3 Å². The van der Waals surface area contributed by atoms with E-state index in [1.54, 1.807) is 6.26 Å². The highest BCUT2D eigenvalue weighted by Gasteiger charge is 2.21. The Hall–Kier alpha value is -2.71. The Kier molecular flexibility index (Phi) is 7.90. The number of morpholine rings is 1. The molecule has 32 heavy (non-hydrogen) atoms. The van der Waals surface area contributed by atoms with Gasteiger partial charge in [0.15, 0.2) is 17.5 Å². The van der Waals surface area contributed by atoms with E-state index in [1.807, 2.05) is 30.3 Å². The summed E-state index contributed by atoms with van der Waals surface area (Å²) in [6.45, 7) is 10.7. The van der Waals surface area contributed by atoms with Gasteiger partial charge in [-0.15, -0.1) is 0 Å². The van der Waals surface area contributed by atoms with Crippen LogP contribution in [0.3, 0.4) is 0 Å². The van der Waals surface area contributed by atoms with Gasteiger partial charge in [-0.1, -0.05) is 13.8 Å². The van der Waals surface area contributed by atoms with Crippen molar-refractivity contribution in [3.8, 4) is 11.5 Å². The van der Waals surface area contributed by atoms with Crippen molar-refractivity contribution >= 4 is 11.6 Å². The summed E-state index contributed by atoms with van der Waals surface area (Å²) in [4.78, 5) is 7.17. The van der Waals surface area contributed by atoms with Crippen molar-refractivity contribution in [2.45, 2.75) is 32.9 Å². The molecule has 1 atom stereocenters. The minimum Gasteiger partial charge on any atom is -0.490 e. The van der Waals surface area contributed by atoms with Crippen LogP contribution in [0.5, 0.6) is 11.5 Å². The number of rotatable bonds is 7. The molecule has 8 heteroatoms. The molecule has 2 aliphatic rings. The van der Waals surface area contributed by atoms with Gasteiger partial charge in [0.1, 0.15) is 12.3 Å². The van der Waals surface area contributed by atoms with E-state index in [1.165, 1.54) is 0 Å². The largest absolute Gasteiger partial charge is 0.490 e. The quantitative estimate of drug-likeness (QED) is 0.503. The lowest BCUT2D eigenvalue weighted by Gasteiger charge is -2.34. The molecule has 4 rings (SSSR count). The maximum atomic E-state index is 5.99. The molecule has 2 aromatic rings. The number of fused-ring (bicyclic) bond motifs is 1. The van der Waals surface area contributed by atoms with Gasteiger partial charge >= 0.3 is 0 Å². The number of ether oxygens (including phenoxy) is 3. The normalized spacial score (nSPS) is 19.6. The van der Waals surface area contributed by atoms with Gasteiger partial charge in [-0.05, 0) is 30.2 Å². The average Bonchev–Trinajstić information content (AvgIpc) is 3.19. The van der Waals surface area contributed by atoms with Crippen LogP contribution in [-0.2, 0) is 11.3 Å². The van der Waals surface area contributed by atoms with Crippen molar-refractivity contribution in [3.63, 3.8) is 0 Å². The summed E-state index contributed by atoms with van der Waals surface area (Å²) in [5.74, 6) is 3.64. The first kappa shape index (κ1) is 22.5. The molecule has 0 bridgehead atoms. The van der Waals surface area contributed by atoms with Crippen LogP contribution in [-0.4, -0.2) is 63.0 Å². The highest BCUT2D eigenvalue weighted by molar-refractivity contribution is 5.94. The lowest BCUT2D eigenvalue weighted by Crippen LogP contribution is -2.49. The molecule has 3 heterocycles. The molecule has 0 aliphatic carbocycles. The van der Waals surface area contributed by atoms with Crippen molar-refractivity contribution < 1.29 is 18.6 Å². The van der Waals surface area contributed by atoms with Gasteiger partial charge in [0, 0.05) is 44.4 Å². The third-order valence-corrected chi connectivity index (χ3v) is 5.33. The van der Waals surface area contributed by atoms with Crippen molar-refractivity contribution in [3.05, 3.63) is 42.4 Å². The number of hydrogen-bond donors (Lipinski definition) is 2. The van der Waals surface area contributed by atoms with Crippen LogP contribution in [0.1, 0.15) is 26.0 Å². The first-order valence-corrected chi connectivity index (χ1v) is 11.5. The smallest absolute Gasteiger partial charge is 0.196 e. The Labute approximate surface area is 189 Å². The SMILES string of the molecule is CC(C)CN1CCOC(CNC(=NCc2ccco2)Nc2ccc3c(c2)OCCCO3)C1. The molecule has 174 valence electrons. The topological polar surface area (TPSA) is 80.5 Å². The Morgan fingerprint density at radius 2 is 2.03 bits per heavy atom. The van der Waals surface area contributed by atoms with E-state index in [9.17, 15) is 0 Å². The molecule has 0 radical (unpaired) electrons. The number of guanidine groups is 1. The predicted molar refractivity (Wildman–Crippen MR) is 125 cm³/mol. The van der Waals surface area contributed by atoms with E-state index in [-0.39, 0.29) is 6.10 Å². The summed E-state index contributed by atoms with van der Waals surface area (Å²) in [5.41, 5.74) is 0.881. The summed E-state index contributed by atoms with van der Waals surface area (Å²) < 4.78 is 23.0. The first-order valence-electron chi connectivity index (χ1n) is 11.5. The summed E-state index contributed by atoms with van der Waals surface area (Å²) in [7, 11) is 0. The summed E-state index contributed by atoms with van der Waals surface area (Å²) in [5, 5.41) is 6.83. The summed E-state index contributed by atoms with van der Waals surface area (Å²) in [6.07, 6.45) is 2.65. The predicted octanol–water partition coefficient (Wildman–Crippen LogP) is 3.36. The van der Waals surface area contributed by atoms with E-state index >= 15 is 0 Å². The molecule has 1 aromatic carbocycles. The molecule has 0 spiro atoms. The zero-order valence-electron chi connectivity index (χ0n) is 19.0. The van der Waals surface area contributed by atoms with Crippen LogP contribution >= 0.6 is 0 Å². The van der Waals surface area contributed by atoms with Gasteiger partial charge in [0.05, 0.1) is 32.2 Å². The molecular weight excluding hydrogens is 408 g/mol. The van der Waals surface area contributed by atoms with Crippen molar-refractivity contribution in [1.82, 2.24) is 10.2 Å². The van der Waals surface area contributed by atoms with E-state index in [4.69, 9.17) is 23.6 Å². The zero-order valence-corrected chi connectivity index (χ0v) is 19.0. The molecule has 1 saturated heterocycles. The van der Waals surface area contributed by atoms with E-state index in [0.29, 0.717) is 38.2 Å². The fourth-order valence-corrected chi connectivity index (χ4v) is 3.87. The second-order valence-corrected chi connectivity index (χ2v) is 8.61. The van der Waals surface area contributed by atoms with Crippen LogP contribution in [0, 0.1) is 5.92 Å². The third kappa shape index (κ3) is 6.64. The maximum absolute atomic E-state index is 5.99. The molecule has 1 aromatic heterocycles. The highest BCUT2D eigenvalue weighted by Crippen LogP contribution is 2.32. The van der Waals surface area contributed by atoms with Crippen LogP contribution in [0.15, 0.2) is 46.0 Å². The highest BCUT2D eigenvalue weighted by atomic mass is 16.5. The third-order valence-electron chi connectivity index (χ3n) is 5.33. The molecule has 0 saturated carbocycles. The Balaban J connectivity index is 1.41. The van der Waals surface area contributed by atoms with Crippen molar-refractivity contribution in [2.24, 2.45) is 10.9 Å². The second-order valence-electron chi connectivity index (χ2n) is 8.61. The lowest BCUT2D eigenvalue weighted by molar-refractivity contribution is -0.0283. The molecule has 2 N–H and O–H groups in total. The number of hydrogen-bond acceptors (Lipinski definition) is 6. The van der Waals surface area contributed by atoms with Crippen LogP contribution in [0.25, 0.3) is 0 Å². The molecule has 2 aliphatic heterocycles. The van der Waals surface area contributed by atoms with Gasteiger partial charge in [0.2, 0.25) is 0 Å². The fraction of sp³-hybridized carbons (Fsp3) is 0.542. The molecule has 1 fully saturated rings. The van der Waals surface area contributed by atoms with Gasteiger partial charge in [-0.25, -0.2) is 4.99 Å². The Bertz CT molecular complexity index is 869. The molecule has 8 nitrogen and oxygen atoms in total. The second kappa shape index (κ2) is 11.2. The van der Waals surface area contributed by atoms with E-state index in [2.05, 4.69) is 29.4 Å². The monoisotopic (exact) mass is 442 g/mol. The number of nitrogens with zero attached hydrogens (tertiary/aromatic N) is 2. The number of benzene rings is 1. The van der Waals surface area contributed by atoms with Gasteiger partial charge in [-0.3, -0.25) is 4.90 Å². The van der Waals surface area contributed by atoms with Crippen LogP contribution in [0.4, 0.5) is 5.69 Å². The van der Waals surface area contributed by atoms with Crippen LogP contribution in [0.2, 0.25) is 0 Å². The summed E-state index contributed by atoms with van der Waals surface area (Å²) >= 11 is 0. The molecular formula is C24H34N4O4. The number of nitrogens with one attached hydrogen (secondary N) is 2. The number of furan rings is 1. The molecule has 0 amide bonds. The fourth-order valence-electron chi connectivity index (χ4n) is 3.87. The van der Waals surface area contributed by atoms with Gasteiger partial charge in [-0.2, -0.15) is 0 Å². The maximum Gasteiger partial charge on any atom is 0.196 e. The zero-order chi connectivity index (χ0) is 22.2.